The second-order valence-electron chi connectivity index (χ2n) is 7.45. The molecule has 1 aromatic carbocycles. The lowest BCUT2D eigenvalue weighted by Gasteiger charge is -2.35. The summed E-state index contributed by atoms with van der Waals surface area (Å²) in [7, 11) is 2.23. The highest BCUT2D eigenvalue weighted by atomic mass is 15.2. The maximum atomic E-state index is 3.87. The third-order valence-electron chi connectivity index (χ3n) is 5.34. The molecule has 0 saturated carbocycles. The molecule has 0 spiro atoms. The molecule has 2 aromatic rings. The van der Waals surface area contributed by atoms with Crippen LogP contribution in [0.1, 0.15) is 24.0 Å². The summed E-state index contributed by atoms with van der Waals surface area (Å²) in [5.41, 5.74) is 2.92. The molecule has 5 heteroatoms. The van der Waals surface area contributed by atoms with E-state index in [1.807, 2.05) is 4.57 Å². The van der Waals surface area contributed by atoms with E-state index in [0.717, 1.165) is 19.0 Å². The lowest BCUT2D eigenvalue weighted by atomic mass is 9.96. The molecule has 1 aromatic heterocycles. The Morgan fingerprint density at radius 2 is 1.96 bits per heavy atom. The summed E-state index contributed by atoms with van der Waals surface area (Å²) in [6.45, 7) is 9.11. The first-order chi connectivity index (χ1) is 12.2. The van der Waals surface area contributed by atoms with Gasteiger partial charge in [0.25, 0.3) is 0 Å². The van der Waals surface area contributed by atoms with Crippen molar-refractivity contribution in [2.24, 2.45) is 5.92 Å². The number of likely N-dealkylation sites (N-methyl/N-ethyl adjacent to an activating group) is 1. The molecule has 1 unspecified atom stereocenters. The molecule has 1 saturated heterocycles. The average molecular weight is 342 g/mol. The van der Waals surface area contributed by atoms with Crippen LogP contribution in [0.15, 0.2) is 36.9 Å². The van der Waals surface area contributed by atoms with E-state index in [2.05, 4.69) is 58.2 Å². The van der Waals surface area contributed by atoms with Crippen molar-refractivity contribution in [2.45, 2.75) is 32.7 Å². The molecule has 1 atom stereocenters. The Balaban J connectivity index is 1.40. The summed E-state index contributed by atoms with van der Waals surface area (Å²) in [4.78, 5) is 5.11. The molecule has 0 radical (unpaired) electrons. The van der Waals surface area contributed by atoms with E-state index in [9.17, 15) is 0 Å². The zero-order chi connectivity index (χ0) is 17.5. The largest absolute Gasteiger partial charge is 0.319 e. The van der Waals surface area contributed by atoms with E-state index >= 15 is 0 Å². The Labute approximate surface area is 151 Å². The second kappa shape index (κ2) is 9.11. The fraction of sp³-hybridized carbons (Fsp3) is 0.600. The van der Waals surface area contributed by atoms with E-state index in [4.69, 9.17) is 0 Å². The fourth-order valence-electron chi connectivity index (χ4n) is 3.83. The molecule has 5 nitrogen and oxygen atoms in total. The van der Waals surface area contributed by atoms with Crippen LogP contribution < -0.4 is 0 Å². The maximum absolute atomic E-state index is 3.87. The Bertz CT molecular complexity index is 625. The van der Waals surface area contributed by atoms with Crippen LogP contribution in [0.4, 0.5) is 0 Å². The SMILES string of the molecule is Cc1ccccc1CCN1CCCC(CN(C)CCn2cnnc2)C1. The van der Waals surface area contributed by atoms with Gasteiger partial charge >= 0.3 is 0 Å². The predicted molar refractivity (Wildman–Crippen MR) is 102 cm³/mol. The van der Waals surface area contributed by atoms with Gasteiger partial charge in [-0.2, -0.15) is 0 Å². The number of benzene rings is 1. The first kappa shape index (κ1) is 18.1. The Morgan fingerprint density at radius 3 is 2.76 bits per heavy atom. The monoisotopic (exact) mass is 341 g/mol. The summed E-state index contributed by atoms with van der Waals surface area (Å²) in [6.07, 6.45) is 7.45. The van der Waals surface area contributed by atoms with Gasteiger partial charge in [-0.05, 0) is 56.8 Å². The third kappa shape index (κ3) is 5.65. The average Bonchev–Trinajstić information content (AvgIpc) is 3.13. The highest BCUT2D eigenvalue weighted by molar-refractivity contribution is 5.25. The number of likely N-dealkylation sites (tertiary alicyclic amines) is 1. The lowest BCUT2D eigenvalue weighted by molar-refractivity contribution is 0.143. The van der Waals surface area contributed by atoms with Gasteiger partial charge in [-0.15, -0.1) is 10.2 Å². The molecule has 3 rings (SSSR count). The molecule has 1 aliphatic heterocycles. The summed E-state index contributed by atoms with van der Waals surface area (Å²) in [5.74, 6) is 0.788. The minimum Gasteiger partial charge on any atom is -0.319 e. The predicted octanol–water partition coefficient (Wildman–Crippen LogP) is 2.47. The van der Waals surface area contributed by atoms with E-state index in [0.29, 0.717) is 0 Å². The molecule has 0 aliphatic carbocycles. The van der Waals surface area contributed by atoms with Crippen molar-refractivity contribution in [1.29, 1.82) is 0 Å². The van der Waals surface area contributed by atoms with Crippen LogP contribution in [0.3, 0.4) is 0 Å². The fourth-order valence-corrected chi connectivity index (χ4v) is 3.83. The first-order valence-electron chi connectivity index (χ1n) is 9.48. The normalized spacial score (nSPS) is 18.8. The highest BCUT2D eigenvalue weighted by Crippen LogP contribution is 2.18. The summed E-state index contributed by atoms with van der Waals surface area (Å²) >= 11 is 0. The van der Waals surface area contributed by atoms with Crippen molar-refractivity contribution in [2.75, 3.05) is 39.8 Å². The minimum atomic E-state index is 0.788. The molecule has 0 bridgehead atoms. The number of aryl methyl sites for hydroxylation is 1. The van der Waals surface area contributed by atoms with Gasteiger partial charge in [0.05, 0.1) is 0 Å². The van der Waals surface area contributed by atoms with Crippen LogP contribution >= 0.6 is 0 Å². The number of nitrogens with zero attached hydrogens (tertiary/aromatic N) is 5. The van der Waals surface area contributed by atoms with Gasteiger partial charge in [0.2, 0.25) is 0 Å². The van der Waals surface area contributed by atoms with Crippen LogP contribution in [-0.4, -0.2) is 64.3 Å². The van der Waals surface area contributed by atoms with E-state index in [-0.39, 0.29) is 0 Å². The Hall–Kier alpha value is -1.72. The second-order valence-corrected chi connectivity index (χ2v) is 7.45. The molecule has 1 fully saturated rings. The standard InChI is InChI=1S/C20H31N5/c1-18-6-3-4-8-20(18)9-11-24-10-5-7-19(15-24)14-23(2)12-13-25-16-21-22-17-25/h3-4,6,8,16-17,19H,5,7,9-15H2,1-2H3. The number of hydrogen-bond donors (Lipinski definition) is 0. The van der Waals surface area contributed by atoms with Gasteiger partial charge in [0.15, 0.2) is 0 Å². The van der Waals surface area contributed by atoms with Gasteiger partial charge in [0.1, 0.15) is 12.7 Å². The number of rotatable bonds is 8. The highest BCUT2D eigenvalue weighted by Gasteiger charge is 2.21. The number of hydrogen-bond acceptors (Lipinski definition) is 4. The van der Waals surface area contributed by atoms with Gasteiger partial charge in [-0.25, -0.2) is 0 Å². The summed E-state index contributed by atoms with van der Waals surface area (Å²) in [5, 5.41) is 7.73. The number of aromatic nitrogens is 3. The molecule has 25 heavy (non-hydrogen) atoms. The first-order valence-corrected chi connectivity index (χ1v) is 9.48. The van der Waals surface area contributed by atoms with E-state index < -0.39 is 0 Å². The molecule has 0 N–H and O–H groups in total. The van der Waals surface area contributed by atoms with Crippen LogP contribution in [0.2, 0.25) is 0 Å². The van der Waals surface area contributed by atoms with Gasteiger partial charge in [-0.1, -0.05) is 24.3 Å². The van der Waals surface area contributed by atoms with E-state index in [1.165, 1.54) is 56.6 Å². The Kier molecular flexibility index (Phi) is 6.59. The zero-order valence-electron chi connectivity index (χ0n) is 15.6. The van der Waals surface area contributed by atoms with Gasteiger partial charge in [-0.3, -0.25) is 0 Å². The van der Waals surface area contributed by atoms with Crippen LogP contribution in [0.25, 0.3) is 0 Å². The van der Waals surface area contributed by atoms with Crippen molar-refractivity contribution >= 4 is 0 Å². The van der Waals surface area contributed by atoms with Crippen LogP contribution in [0, 0.1) is 12.8 Å². The lowest BCUT2D eigenvalue weighted by Crippen LogP contribution is -2.41. The third-order valence-corrected chi connectivity index (χ3v) is 5.34. The number of piperidine rings is 1. The minimum absolute atomic E-state index is 0.788. The summed E-state index contributed by atoms with van der Waals surface area (Å²) < 4.78 is 2.05. The van der Waals surface area contributed by atoms with Crippen LogP contribution in [-0.2, 0) is 13.0 Å². The topological polar surface area (TPSA) is 37.2 Å². The van der Waals surface area contributed by atoms with Crippen molar-refractivity contribution in [3.63, 3.8) is 0 Å². The smallest absolute Gasteiger partial charge is 0.119 e. The van der Waals surface area contributed by atoms with Crippen LogP contribution in [0.5, 0.6) is 0 Å². The molecule has 0 amide bonds. The molecule has 136 valence electrons. The molecular formula is C20H31N5. The van der Waals surface area contributed by atoms with Gasteiger partial charge < -0.3 is 14.4 Å². The quantitative estimate of drug-likeness (QED) is 0.739. The van der Waals surface area contributed by atoms with E-state index in [1.54, 1.807) is 12.7 Å². The van der Waals surface area contributed by atoms with Crippen molar-refractivity contribution in [1.82, 2.24) is 24.6 Å². The van der Waals surface area contributed by atoms with Crippen molar-refractivity contribution in [3.8, 4) is 0 Å². The summed E-state index contributed by atoms with van der Waals surface area (Å²) in [6, 6.07) is 8.78. The van der Waals surface area contributed by atoms with Gasteiger partial charge in [0, 0.05) is 32.7 Å². The zero-order valence-corrected chi connectivity index (χ0v) is 15.6. The van der Waals surface area contributed by atoms with Crippen molar-refractivity contribution in [3.05, 3.63) is 48.0 Å². The molecule has 2 heterocycles. The van der Waals surface area contributed by atoms with Crippen molar-refractivity contribution < 1.29 is 0 Å². The maximum Gasteiger partial charge on any atom is 0.119 e. The molecule has 1 aliphatic rings. The Morgan fingerprint density at radius 1 is 1.16 bits per heavy atom. The molecular weight excluding hydrogens is 310 g/mol.